The quantitative estimate of drug-likeness (QED) is 0.635. The first-order valence-corrected chi connectivity index (χ1v) is 8.45. The largest absolute Gasteiger partial charge is 0.493 e. The van der Waals surface area contributed by atoms with E-state index in [1.54, 1.807) is 12.4 Å². The van der Waals surface area contributed by atoms with Gasteiger partial charge in [-0.1, -0.05) is 12.1 Å². The van der Waals surface area contributed by atoms with E-state index < -0.39 is 0 Å². The van der Waals surface area contributed by atoms with E-state index in [4.69, 9.17) is 14.8 Å². The van der Waals surface area contributed by atoms with Crippen molar-refractivity contribution < 1.29 is 9.84 Å². The molecular weight excluding hydrogens is 314 g/mol. The Labute approximate surface area is 147 Å². The van der Waals surface area contributed by atoms with Crippen molar-refractivity contribution in [3.8, 4) is 28.5 Å². The molecule has 25 heavy (non-hydrogen) atoms. The first-order chi connectivity index (χ1) is 12.4. The second-order valence-electron chi connectivity index (χ2n) is 5.64. The predicted octanol–water partition coefficient (Wildman–Crippen LogP) is 3.75. The summed E-state index contributed by atoms with van der Waals surface area (Å²) in [6.07, 6.45) is 6.15. The summed E-state index contributed by atoms with van der Waals surface area (Å²) >= 11 is 0. The summed E-state index contributed by atoms with van der Waals surface area (Å²) in [5, 5.41) is 8.84. The molecule has 3 heterocycles. The number of hydrogen-bond acceptors (Lipinski definition) is 5. The van der Waals surface area contributed by atoms with Crippen LogP contribution in [0.4, 0.5) is 0 Å². The van der Waals surface area contributed by atoms with Crippen molar-refractivity contribution in [2.75, 3.05) is 13.2 Å². The van der Waals surface area contributed by atoms with Gasteiger partial charge >= 0.3 is 0 Å². The molecule has 3 aromatic heterocycles. The molecule has 128 valence electrons. The van der Waals surface area contributed by atoms with Crippen molar-refractivity contribution >= 4 is 0 Å². The number of rotatable bonds is 8. The molecule has 5 heteroatoms. The van der Waals surface area contributed by atoms with Gasteiger partial charge in [-0.05, 0) is 43.5 Å². The minimum absolute atomic E-state index is 0.225. The van der Waals surface area contributed by atoms with Crippen LogP contribution >= 0.6 is 0 Å². The molecule has 0 bridgehead atoms. The molecule has 0 fully saturated rings. The van der Waals surface area contributed by atoms with Gasteiger partial charge in [0.15, 0.2) is 0 Å². The summed E-state index contributed by atoms with van der Waals surface area (Å²) < 4.78 is 5.90. The maximum atomic E-state index is 8.84. The molecule has 5 nitrogen and oxygen atoms in total. The van der Waals surface area contributed by atoms with E-state index in [-0.39, 0.29) is 6.61 Å². The molecule has 0 aliphatic rings. The molecule has 3 aromatic rings. The van der Waals surface area contributed by atoms with Crippen LogP contribution in [0.2, 0.25) is 0 Å². The lowest BCUT2D eigenvalue weighted by atomic mass is 10.2. The van der Waals surface area contributed by atoms with Gasteiger partial charge in [0.25, 0.3) is 0 Å². The van der Waals surface area contributed by atoms with Crippen molar-refractivity contribution in [3.05, 3.63) is 60.9 Å². The highest BCUT2D eigenvalue weighted by atomic mass is 16.5. The highest BCUT2D eigenvalue weighted by Crippen LogP contribution is 2.26. The average Bonchev–Trinajstić information content (AvgIpc) is 2.69. The third-order valence-electron chi connectivity index (χ3n) is 3.72. The number of aromatic nitrogens is 3. The highest BCUT2D eigenvalue weighted by Gasteiger charge is 2.09. The number of nitrogens with zero attached hydrogens (tertiary/aromatic N) is 3. The van der Waals surface area contributed by atoms with Gasteiger partial charge in [-0.3, -0.25) is 9.97 Å². The van der Waals surface area contributed by atoms with E-state index in [1.165, 1.54) is 0 Å². The van der Waals surface area contributed by atoms with Crippen LogP contribution in [0.25, 0.3) is 22.8 Å². The zero-order valence-electron chi connectivity index (χ0n) is 14.0. The smallest absolute Gasteiger partial charge is 0.123 e. The molecule has 0 saturated carbocycles. The van der Waals surface area contributed by atoms with Gasteiger partial charge < -0.3 is 9.84 Å². The topological polar surface area (TPSA) is 68.1 Å². The van der Waals surface area contributed by atoms with Crippen LogP contribution in [0, 0.1) is 0 Å². The number of aliphatic hydroxyl groups is 1. The monoisotopic (exact) mass is 335 g/mol. The summed E-state index contributed by atoms with van der Waals surface area (Å²) in [5.41, 5.74) is 3.11. The zero-order chi connectivity index (χ0) is 17.3. The summed E-state index contributed by atoms with van der Waals surface area (Å²) in [6, 6.07) is 15.3. The van der Waals surface area contributed by atoms with E-state index in [1.807, 2.05) is 48.5 Å². The van der Waals surface area contributed by atoms with Crippen LogP contribution in [-0.2, 0) is 0 Å². The van der Waals surface area contributed by atoms with Crippen molar-refractivity contribution in [3.63, 3.8) is 0 Å². The van der Waals surface area contributed by atoms with Crippen LogP contribution in [0.1, 0.15) is 19.3 Å². The number of hydrogen-bond donors (Lipinski definition) is 1. The van der Waals surface area contributed by atoms with E-state index in [0.717, 1.165) is 47.8 Å². The molecule has 0 aliphatic heterocycles. The highest BCUT2D eigenvalue weighted by molar-refractivity contribution is 5.64. The van der Waals surface area contributed by atoms with E-state index in [2.05, 4.69) is 9.97 Å². The lowest BCUT2D eigenvalue weighted by Crippen LogP contribution is -2.00. The van der Waals surface area contributed by atoms with Gasteiger partial charge in [-0.2, -0.15) is 0 Å². The Morgan fingerprint density at radius 2 is 1.40 bits per heavy atom. The fraction of sp³-hybridized carbons (Fsp3) is 0.250. The van der Waals surface area contributed by atoms with Crippen molar-refractivity contribution in [2.45, 2.75) is 19.3 Å². The molecule has 0 aromatic carbocycles. The molecule has 0 radical (unpaired) electrons. The Balaban J connectivity index is 1.86. The molecule has 3 rings (SSSR count). The summed E-state index contributed by atoms with van der Waals surface area (Å²) in [5.74, 6) is 0.750. The SMILES string of the molecule is OCCCCCOc1cc(-c2ccccn2)nc(-c2ccccn2)c1. The lowest BCUT2D eigenvalue weighted by molar-refractivity contribution is 0.266. The summed E-state index contributed by atoms with van der Waals surface area (Å²) in [4.78, 5) is 13.5. The van der Waals surface area contributed by atoms with E-state index in [9.17, 15) is 0 Å². The van der Waals surface area contributed by atoms with Crippen molar-refractivity contribution in [2.24, 2.45) is 0 Å². The Morgan fingerprint density at radius 1 is 0.760 bits per heavy atom. The first-order valence-electron chi connectivity index (χ1n) is 8.45. The molecule has 0 spiro atoms. The molecule has 0 saturated heterocycles. The van der Waals surface area contributed by atoms with Gasteiger partial charge in [0.1, 0.15) is 5.75 Å². The van der Waals surface area contributed by atoms with Crippen molar-refractivity contribution in [1.29, 1.82) is 0 Å². The second kappa shape index (κ2) is 8.89. The molecular formula is C20H21N3O2. The van der Waals surface area contributed by atoms with Crippen LogP contribution < -0.4 is 4.74 Å². The normalized spacial score (nSPS) is 10.6. The average molecular weight is 335 g/mol. The number of aliphatic hydroxyl groups excluding tert-OH is 1. The van der Waals surface area contributed by atoms with Gasteiger partial charge in [0.2, 0.25) is 0 Å². The Bertz CT molecular complexity index is 722. The van der Waals surface area contributed by atoms with Crippen LogP contribution in [-0.4, -0.2) is 33.3 Å². The van der Waals surface area contributed by atoms with Gasteiger partial charge in [0.05, 0.1) is 29.4 Å². The van der Waals surface area contributed by atoms with E-state index >= 15 is 0 Å². The summed E-state index contributed by atoms with van der Waals surface area (Å²) in [7, 11) is 0. The minimum atomic E-state index is 0.225. The predicted molar refractivity (Wildman–Crippen MR) is 97.1 cm³/mol. The molecule has 0 atom stereocenters. The van der Waals surface area contributed by atoms with Crippen LogP contribution in [0.5, 0.6) is 5.75 Å². The summed E-state index contributed by atoms with van der Waals surface area (Å²) in [6.45, 7) is 0.830. The minimum Gasteiger partial charge on any atom is -0.493 e. The molecule has 0 unspecified atom stereocenters. The van der Waals surface area contributed by atoms with Gasteiger partial charge in [0, 0.05) is 31.1 Å². The number of ether oxygens (including phenoxy) is 1. The maximum absolute atomic E-state index is 8.84. The lowest BCUT2D eigenvalue weighted by Gasteiger charge is -2.10. The fourth-order valence-electron chi connectivity index (χ4n) is 2.46. The first kappa shape index (κ1) is 17.0. The van der Waals surface area contributed by atoms with Crippen LogP contribution in [0.3, 0.4) is 0 Å². The van der Waals surface area contributed by atoms with E-state index in [0.29, 0.717) is 6.61 Å². The Morgan fingerprint density at radius 3 is 1.92 bits per heavy atom. The third kappa shape index (κ3) is 4.84. The van der Waals surface area contributed by atoms with Crippen molar-refractivity contribution in [1.82, 2.24) is 15.0 Å². The van der Waals surface area contributed by atoms with Gasteiger partial charge in [-0.15, -0.1) is 0 Å². The number of unbranched alkanes of at least 4 members (excludes halogenated alkanes) is 2. The fourth-order valence-corrected chi connectivity index (χ4v) is 2.46. The van der Waals surface area contributed by atoms with Crippen LogP contribution in [0.15, 0.2) is 60.9 Å². The standard InChI is InChI=1S/C20H21N3O2/c24-12-6-1-7-13-25-16-14-19(17-8-2-4-10-21-17)23-20(15-16)18-9-3-5-11-22-18/h2-5,8-11,14-15,24H,1,6-7,12-13H2. The molecule has 0 amide bonds. The number of pyridine rings is 3. The second-order valence-corrected chi connectivity index (χ2v) is 5.64. The zero-order valence-corrected chi connectivity index (χ0v) is 14.0. The third-order valence-corrected chi connectivity index (χ3v) is 3.72. The Hall–Kier alpha value is -2.79. The van der Waals surface area contributed by atoms with Gasteiger partial charge in [-0.25, -0.2) is 4.98 Å². The Kier molecular flexibility index (Phi) is 6.06. The molecule has 1 N–H and O–H groups in total. The molecule has 0 aliphatic carbocycles. The maximum Gasteiger partial charge on any atom is 0.123 e.